The van der Waals surface area contributed by atoms with Crippen molar-refractivity contribution < 1.29 is 9.53 Å². The van der Waals surface area contributed by atoms with Crippen LogP contribution in [0.15, 0.2) is 18.2 Å². The molecule has 4 nitrogen and oxygen atoms in total. The van der Waals surface area contributed by atoms with Gasteiger partial charge in [0.25, 0.3) is 0 Å². The van der Waals surface area contributed by atoms with Crippen LogP contribution in [0.3, 0.4) is 0 Å². The average Bonchev–Trinajstić information content (AvgIpc) is 3.08. The number of nitrogens with zero attached hydrogens (tertiary/aromatic N) is 1. The van der Waals surface area contributed by atoms with E-state index >= 15 is 0 Å². The number of ether oxygens (including phenoxy) is 1. The van der Waals surface area contributed by atoms with Crippen LogP contribution in [-0.2, 0) is 9.53 Å². The van der Waals surface area contributed by atoms with Gasteiger partial charge in [-0.1, -0.05) is 12.8 Å². The number of amides is 1. The van der Waals surface area contributed by atoms with Crippen molar-refractivity contribution >= 4 is 33.1 Å². The second-order valence-corrected chi connectivity index (χ2v) is 7.34. The molecule has 0 bridgehead atoms. The molecule has 0 radical (unpaired) electrons. The normalized spacial score (nSPS) is 18.9. The Morgan fingerprint density at radius 3 is 2.86 bits per heavy atom. The molecule has 4 rings (SSSR count). The quantitative estimate of drug-likeness (QED) is 0.904. The van der Waals surface area contributed by atoms with Crippen LogP contribution >= 0.6 is 11.3 Å². The molecule has 1 N–H and O–H groups in total. The number of benzene rings is 1. The van der Waals surface area contributed by atoms with Gasteiger partial charge in [-0.2, -0.15) is 0 Å². The van der Waals surface area contributed by atoms with Crippen molar-refractivity contribution in [3.63, 3.8) is 0 Å². The van der Waals surface area contributed by atoms with Crippen molar-refractivity contribution in [3.05, 3.63) is 23.2 Å². The summed E-state index contributed by atoms with van der Waals surface area (Å²) < 4.78 is 6.80. The van der Waals surface area contributed by atoms with E-state index in [1.165, 1.54) is 30.7 Å². The standard InChI is InChI=1S/C17H20N2O2S/c20-16(10-21-13-3-1-2-4-13)18-12-7-8-14-15(9-12)22-17(19-14)11-5-6-11/h7-9,11,13H,1-6,10H2,(H,18,20). The van der Waals surface area contributed by atoms with Crippen LogP contribution in [0.2, 0.25) is 0 Å². The van der Waals surface area contributed by atoms with Gasteiger partial charge in [-0.15, -0.1) is 11.3 Å². The minimum Gasteiger partial charge on any atom is -0.368 e. The first kappa shape index (κ1) is 14.2. The number of nitrogens with one attached hydrogen (secondary N) is 1. The van der Waals surface area contributed by atoms with Crippen LogP contribution in [0.1, 0.15) is 49.5 Å². The lowest BCUT2D eigenvalue weighted by molar-refractivity contribution is -0.122. The van der Waals surface area contributed by atoms with Gasteiger partial charge < -0.3 is 10.1 Å². The first-order valence-corrected chi connectivity index (χ1v) is 8.91. The summed E-state index contributed by atoms with van der Waals surface area (Å²) in [6.45, 7) is 0.152. The Balaban J connectivity index is 1.38. The van der Waals surface area contributed by atoms with Crippen LogP contribution in [0, 0.1) is 0 Å². The third kappa shape index (κ3) is 3.15. The van der Waals surface area contributed by atoms with Crippen LogP contribution < -0.4 is 5.32 Å². The highest BCUT2D eigenvalue weighted by atomic mass is 32.1. The number of aromatic nitrogens is 1. The lowest BCUT2D eigenvalue weighted by Crippen LogP contribution is -2.21. The minimum absolute atomic E-state index is 0.0711. The second kappa shape index (κ2) is 5.97. The van der Waals surface area contributed by atoms with Gasteiger partial charge in [-0.25, -0.2) is 4.98 Å². The van der Waals surface area contributed by atoms with Gasteiger partial charge in [-0.3, -0.25) is 4.79 Å². The Hall–Kier alpha value is -1.46. The van der Waals surface area contributed by atoms with Gasteiger partial charge in [0.15, 0.2) is 0 Å². The van der Waals surface area contributed by atoms with Gasteiger partial charge in [0, 0.05) is 11.6 Å². The lowest BCUT2D eigenvalue weighted by Gasteiger charge is -2.11. The average molecular weight is 316 g/mol. The fourth-order valence-corrected chi connectivity index (χ4v) is 4.15. The number of rotatable bonds is 5. The van der Waals surface area contributed by atoms with Crippen LogP contribution in [0.4, 0.5) is 5.69 Å². The Morgan fingerprint density at radius 2 is 2.09 bits per heavy atom. The summed E-state index contributed by atoms with van der Waals surface area (Å²) in [6.07, 6.45) is 7.42. The van der Waals surface area contributed by atoms with E-state index < -0.39 is 0 Å². The number of anilines is 1. The summed E-state index contributed by atoms with van der Waals surface area (Å²) in [5.74, 6) is 0.605. The first-order chi connectivity index (χ1) is 10.8. The SMILES string of the molecule is O=C(COC1CCCC1)Nc1ccc2nc(C3CC3)sc2c1. The molecule has 0 aliphatic heterocycles. The van der Waals surface area contributed by atoms with E-state index in [0.29, 0.717) is 5.92 Å². The highest BCUT2D eigenvalue weighted by Gasteiger charge is 2.27. The zero-order valence-corrected chi connectivity index (χ0v) is 13.3. The van der Waals surface area contributed by atoms with Gasteiger partial charge in [0.1, 0.15) is 6.61 Å². The summed E-state index contributed by atoms with van der Waals surface area (Å²) in [4.78, 5) is 16.6. The fourth-order valence-electron chi connectivity index (χ4n) is 2.97. The highest BCUT2D eigenvalue weighted by molar-refractivity contribution is 7.18. The molecule has 2 aromatic rings. The molecule has 0 atom stereocenters. The predicted octanol–water partition coefficient (Wildman–Crippen LogP) is 4.07. The third-order valence-corrected chi connectivity index (χ3v) is 5.55. The van der Waals surface area contributed by atoms with Crippen LogP contribution in [0.5, 0.6) is 0 Å². The molecule has 1 amide bonds. The van der Waals surface area contributed by atoms with Gasteiger partial charge in [0.05, 0.1) is 21.3 Å². The van der Waals surface area contributed by atoms with E-state index in [2.05, 4.69) is 10.3 Å². The predicted molar refractivity (Wildman–Crippen MR) is 88.4 cm³/mol. The number of carbonyl (C=O) groups is 1. The molecule has 0 unspecified atom stereocenters. The molecule has 0 spiro atoms. The first-order valence-electron chi connectivity index (χ1n) is 8.10. The Bertz CT molecular complexity index is 687. The highest BCUT2D eigenvalue weighted by Crippen LogP contribution is 2.43. The molecule has 116 valence electrons. The van der Waals surface area contributed by atoms with Crippen molar-refractivity contribution in [2.75, 3.05) is 11.9 Å². The van der Waals surface area contributed by atoms with Crippen LogP contribution in [0.25, 0.3) is 10.2 Å². The molecule has 2 aliphatic carbocycles. The van der Waals surface area contributed by atoms with E-state index in [1.54, 1.807) is 11.3 Å². The van der Waals surface area contributed by atoms with Crippen molar-refractivity contribution in [1.29, 1.82) is 0 Å². The Labute approximate surface area is 133 Å². The molecule has 2 saturated carbocycles. The third-order valence-electron chi connectivity index (χ3n) is 4.37. The van der Waals surface area contributed by atoms with Gasteiger partial charge >= 0.3 is 0 Å². The molecule has 2 aliphatic rings. The van der Waals surface area contributed by atoms with E-state index in [4.69, 9.17) is 4.74 Å². The number of hydrogen-bond acceptors (Lipinski definition) is 4. The fraction of sp³-hybridized carbons (Fsp3) is 0.529. The number of thiazole rings is 1. The van der Waals surface area contributed by atoms with E-state index in [1.807, 2.05) is 18.2 Å². The number of carbonyl (C=O) groups excluding carboxylic acids is 1. The van der Waals surface area contributed by atoms with Gasteiger partial charge in [0.2, 0.25) is 5.91 Å². The molecule has 1 heterocycles. The zero-order valence-electron chi connectivity index (χ0n) is 12.5. The number of hydrogen-bond donors (Lipinski definition) is 1. The largest absolute Gasteiger partial charge is 0.368 e. The summed E-state index contributed by atoms with van der Waals surface area (Å²) >= 11 is 1.75. The smallest absolute Gasteiger partial charge is 0.250 e. The summed E-state index contributed by atoms with van der Waals surface area (Å²) in [7, 11) is 0. The topological polar surface area (TPSA) is 51.2 Å². The molecular weight excluding hydrogens is 296 g/mol. The monoisotopic (exact) mass is 316 g/mol. The summed E-state index contributed by atoms with van der Waals surface area (Å²) in [5.41, 5.74) is 1.87. The lowest BCUT2D eigenvalue weighted by atomic mass is 10.3. The van der Waals surface area contributed by atoms with Crippen molar-refractivity contribution in [1.82, 2.24) is 4.98 Å². The Kier molecular flexibility index (Phi) is 3.84. The van der Waals surface area contributed by atoms with E-state index in [0.717, 1.165) is 28.7 Å². The molecule has 2 fully saturated rings. The summed E-state index contributed by atoms with van der Waals surface area (Å²) in [5, 5.41) is 4.17. The molecule has 5 heteroatoms. The maximum Gasteiger partial charge on any atom is 0.250 e. The van der Waals surface area contributed by atoms with Crippen molar-refractivity contribution in [2.45, 2.75) is 50.5 Å². The number of fused-ring (bicyclic) bond motifs is 1. The molecular formula is C17H20N2O2S. The minimum atomic E-state index is -0.0711. The zero-order chi connectivity index (χ0) is 14.9. The summed E-state index contributed by atoms with van der Waals surface area (Å²) in [6, 6.07) is 5.93. The maximum absolute atomic E-state index is 12.0. The van der Waals surface area contributed by atoms with Crippen molar-refractivity contribution in [2.24, 2.45) is 0 Å². The van der Waals surface area contributed by atoms with Gasteiger partial charge in [-0.05, 0) is 43.9 Å². The Morgan fingerprint density at radius 1 is 1.27 bits per heavy atom. The van der Waals surface area contributed by atoms with E-state index in [9.17, 15) is 4.79 Å². The van der Waals surface area contributed by atoms with Crippen LogP contribution in [-0.4, -0.2) is 23.6 Å². The van der Waals surface area contributed by atoms with Crippen molar-refractivity contribution in [3.8, 4) is 0 Å². The molecule has 22 heavy (non-hydrogen) atoms. The molecule has 0 saturated heterocycles. The molecule has 1 aromatic carbocycles. The van der Waals surface area contributed by atoms with E-state index in [-0.39, 0.29) is 18.6 Å². The molecule has 1 aromatic heterocycles. The maximum atomic E-state index is 12.0. The second-order valence-electron chi connectivity index (χ2n) is 6.27.